The maximum absolute atomic E-state index is 13.4. The van der Waals surface area contributed by atoms with Gasteiger partial charge in [0.05, 0.1) is 17.6 Å². The van der Waals surface area contributed by atoms with Crippen LogP contribution in [0.1, 0.15) is 68.5 Å². The molecule has 6 rings (SSSR count). The first-order chi connectivity index (χ1) is 25.4. The second-order valence-corrected chi connectivity index (χ2v) is 31.1. The molecule has 2 fully saturated rings. The summed E-state index contributed by atoms with van der Waals surface area (Å²) in [6, 6.07) is 6.52. The van der Waals surface area contributed by atoms with Crippen molar-refractivity contribution in [3.63, 3.8) is 0 Å². The highest BCUT2D eigenvalue weighted by atomic mass is 32.1. The number of hydrogen-bond donors (Lipinski definition) is 0. The van der Waals surface area contributed by atoms with Crippen molar-refractivity contribution < 1.29 is 19.0 Å². The molecule has 2 saturated heterocycles. The Balaban J connectivity index is 1.39. The van der Waals surface area contributed by atoms with Crippen molar-refractivity contribution in [1.29, 1.82) is 0 Å². The lowest BCUT2D eigenvalue weighted by Crippen LogP contribution is -2.48. The lowest BCUT2D eigenvalue weighted by Gasteiger charge is -2.40. The largest absolute Gasteiger partial charge is 0.444 e. The van der Waals surface area contributed by atoms with Crippen LogP contribution in [0.2, 0.25) is 51.4 Å². The average Bonchev–Trinajstić information content (AvgIpc) is 3.77. The maximum atomic E-state index is 13.4. The van der Waals surface area contributed by atoms with E-state index in [1.807, 2.05) is 54.8 Å². The number of carbonyl (C=O) groups is 1. The van der Waals surface area contributed by atoms with Gasteiger partial charge in [0.2, 0.25) is 0 Å². The van der Waals surface area contributed by atoms with Gasteiger partial charge in [-0.25, -0.2) is 14.8 Å². The number of thiazole rings is 1. The highest BCUT2D eigenvalue weighted by molar-refractivity contribution is 7.14. The van der Waals surface area contributed by atoms with E-state index in [1.165, 1.54) is 0 Å². The van der Waals surface area contributed by atoms with Gasteiger partial charge in [0.1, 0.15) is 29.9 Å². The molecule has 0 spiro atoms. The van der Waals surface area contributed by atoms with E-state index in [1.54, 1.807) is 11.3 Å². The van der Waals surface area contributed by atoms with E-state index in [0.29, 0.717) is 26.7 Å². The van der Waals surface area contributed by atoms with E-state index in [9.17, 15) is 4.79 Å². The van der Waals surface area contributed by atoms with Crippen LogP contribution in [0.4, 0.5) is 10.6 Å². The minimum absolute atomic E-state index is 0.117. The minimum atomic E-state index is -1.28. The van der Waals surface area contributed by atoms with E-state index >= 15 is 0 Å². The van der Waals surface area contributed by atoms with Gasteiger partial charge in [-0.2, -0.15) is 9.61 Å². The summed E-state index contributed by atoms with van der Waals surface area (Å²) in [6.45, 7) is 26.5. The average molecular weight is 792 g/mol. The third-order valence-corrected chi connectivity index (χ3v) is 14.7. The third kappa shape index (κ3) is 9.79. The molecule has 0 saturated carbocycles. The first-order valence-electron chi connectivity index (χ1n) is 19.6. The number of carbonyl (C=O) groups excluding carboxylic acids is 1. The quantitative estimate of drug-likeness (QED) is 0.0701. The maximum Gasteiger partial charge on any atom is 0.410 e. The predicted octanol–water partition coefficient (Wildman–Crippen LogP) is 9.61. The molecule has 1 amide bonds. The Hall–Kier alpha value is -3.18. The monoisotopic (exact) mass is 791 g/mol. The molecule has 2 bridgehead atoms. The molecule has 2 aliphatic heterocycles. The van der Waals surface area contributed by atoms with Crippen molar-refractivity contribution in [3.8, 4) is 21.8 Å². The van der Waals surface area contributed by atoms with Crippen LogP contribution < -0.4 is 4.90 Å². The van der Waals surface area contributed by atoms with Crippen LogP contribution in [0.15, 0.2) is 30.7 Å². The van der Waals surface area contributed by atoms with Crippen LogP contribution in [0.25, 0.3) is 27.5 Å². The zero-order valence-corrected chi connectivity index (χ0v) is 37.2. The molecule has 11 nitrogen and oxygen atoms in total. The standard InChI is InChI=1S/C40H61N7O4SSi2/c1-27-22-42-37(52-27)34-15-12-29(23-41-34)33-24-43-47-36(33)44-35(30-20-31-13-14-32(21-30)46(31)39(48)51-40(3,4)5)28(2)38(47)45(25-49-16-18-53(6,7)8)26-50-17-19-54(9,10)11/h12,15,22-24,30-32H,13-14,16-21,25-26H2,1-11H3/t30-,31-,32+. The molecule has 294 valence electrons. The number of anilines is 1. The van der Waals surface area contributed by atoms with Gasteiger partial charge in [-0.05, 0) is 78.5 Å². The van der Waals surface area contributed by atoms with Gasteiger partial charge < -0.3 is 24.0 Å². The zero-order valence-electron chi connectivity index (χ0n) is 34.4. The summed E-state index contributed by atoms with van der Waals surface area (Å²) in [6.07, 6.45) is 9.13. The van der Waals surface area contributed by atoms with Gasteiger partial charge in [-0.15, -0.1) is 11.3 Å². The van der Waals surface area contributed by atoms with Gasteiger partial charge in [0, 0.05) is 81.3 Å². The number of aromatic nitrogens is 5. The number of ether oxygens (including phenoxy) is 3. The smallest absolute Gasteiger partial charge is 0.410 e. The molecule has 0 aromatic carbocycles. The number of rotatable bonds is 14. The summed E-state index contributed by atoms with van der Waals surface area (Å²) < 4.78 is 20.7. The molecule has 0 radical (unpaired) electrons. The molecule has 0 N–H and O–H groups in total. The zero-order chi connectivity index (χ0) is 39.0. The highest BCUT2D eigenvalue weighted by Crippen LogP contribution is 2.45. The lowest BCUT2D eigenvalue weighted by atomic mass is 9.86. The van der Waals surface area contributed by atoms with Crippen molar-refractivity contribution in [3.05, 3.63) is 46.9 Å². The minimum Gasteiger partial charge on any atom is -0.444 e. The van der Waals surface area contributed by atoms with Gasteiger partial charge in [-0.1, -0.05) is 45.3 Å². The second-order valence-electron chi connectivity index (χ2n) is 18.6. The number of fused-ring (bicyclic) bond motifs is 3. The van der Waals surface area contributed by atoms with Crippen LogP contribution in [-0.4, -0.2) is 96.1 Å². The van der Waals surface area contributed by atoms with E-state index < -0.39 is 21.7 Å². The number of pyridine rings is 1. The van der Waals surface area contributed by atoms with Crippen LogP contribution in [0, 0.1) is 13.8 Å². The Morgan fingerprint density at radius 3 is 2.06 bits per heavy atom. The van der Waals surface area contributed by atoms with E-state index in [2.05, 4.69) is 69.1 Å². The van der Waals surface area contributed by atoms with Crippen molar-refractivity contribution in [2.24, 2.45) is 0 Å². The summed E-state index contributed by atoms with van der Waals surface area (Å²) in [4.78, 5) is 33.6. The Morgan fingerprint density at radius 1 is 0.907 bits per heavy atom. The molecular weight excluding hydrogens is 731 g/mol. The van der Waals surface area contributed by atoms with Crippen LogP contribution >= 0.6 is 11.3 Å². The lowest BCUT2D eigenvalue weighted by molar-refractivity contribution is 0.00567. The molecule has 0 unspecified atom stereocenters. The topological polar surface area (TPSA) is 107 Å². The molecule has 6 heterocycles. The van der Waals surface area contributed by atoms with Crippen LogP contribution in [-0.2, 0) is 14.2 Å². The Morgan fingerprint density at radius 2 is 1.54 bits per heavy atom. The van der Waals surface area contributed by atoms with Gasteiger partial charge >= 0.3 is 6.09 Å². The third-order valence-electron chi connectivity index (χ3n) is 10.3. The number of piperidine rings is 1. The normalized spacial score (nSPS) is 19.2. The molecule has 4 aromatic heterocycles. The molecule has 0 aliphatic carbocycles. The van der Waals surface area contributed by atoms with Crippen LogP contribution in [0.5, 0.6) is 0 Å². The Kier molecular flexibility index (Phi) is 12.1. The Labute approximate surface area is 327 Å². The summed E-state index contributed by atoms with van der Waals surface area (Å²) >= 11 is 1.64. The summed E-state index contributed by atoms with van der Waals surface area (Å²) in [5.41, 5.74) is 5.08. The SMILES string of the molecule is Cc1cnc(-c2ccc(-c3cnn4c(N(COCC[Si](C)(C)C)COCC[Si](C)(C)C)c(C)c([C@@H]5C[C@H]6CC[C@@H](C5)N6C(=O)OC(C)(C)C)nc34)cn2)s1. The van der Waals surface area contributed by atoms with E-state index in [0.717, 1.165) is 87.2 Å². The summed E-state index contributed by atoms with van der Waals surface area (Å²) in [5.74, 6) is 1.11. The fourth-order valence-corrected chi connectivity index (χ4v) is 9.73. The summed E-state index contributed by atoms with van der Waals surface area (Å²) in [5, 5.41) is 5.91. The molecule has 3 atom stereocenters. The van der Waals surface area contributed by atoms with Gasteiger partial charge in [-0.3, -0.25) is 4.98 Å². The predicted molar refractivity (Wildman–Crippen MR) is 224 cm³/mol. The molecule has 2 aliphatic rings. The first kappa shape index (κ1) is 40.5. The van der Waals surface area contributed by atoms with Gasteiger partial charge in [0.15, 0.2) is 5.65 Å². The van der Waals surface area contributed by atoms with Gasteiger partial charge in [0.25, 0.3) is 0 Å². The molecule has 14 heteroatoms. The van der Waals surface area contributed by atoms with Crippen molar-refractivity contribution in [1.82, 2.24) is 29.5 Å². The number of aryl methyl sites for hydroxylation is 1. The summed E-state index contributed by atoms with van der Waals surface area (Å²) in [7, 11) is -2.57. The van der Waals surface area contributed by atoms with E-state index in [4.69, 9.17) is 29.3 Å². The highest BCUT2D eigenvalue weighted by Gasteiger charge is 2.46. The number of hydrogen-bond acceptors (Lipinski definition) is 10. The fourth-order valence-electron chi connectivity index (χ4n) is 7.48. The molecular formula is C40H61N7O4SSi2. The molecule has 4 aromatic rings. The fraction of sp³-hybridized carbons (Fsp3) is 0.625. The second kappa shape index (κ2) is 16.1. The van der Waals surface area contributed by atoms with Crippen molar-refractivity contribution >= 4 is 45.0 Å². The van der Waals surface area contributed by atoms with Crippen molar-refractivity contribution in [2.75, 3.05) is 31.6 Å². The number of nitrogens with zero attached hydrogens (tertiary/aromatic N) is 7. The van der Waals surface area contributed by atoms with Crippen molar-refractivity contribution in [2.45, 2.75) is 135 Å². The molecule has 54 heavy (non-hydrogen) atoms. The number of amides is 1. The van der Waals surface area contributed by atoms with E-state index in [-0.39, 0.29) is 24.1 Å². The van der Waals surface area contributed by atoms with Crippen LogP contribution in [0.3, 0.4) is 0 Å². The Bertz CT molecular complexity index is 1880. The first-order valence-corrected chi connectivity index (χ1v) is 27.8.